The molecule has 0 aliphatic carbocycles. The van der Waals surface area contributed by atoms with Gasteiger partial charge in [0.2, 0.25) is 22.0 Å². The molecule has 0 unspecified atom stereocenters. The lowest BCUT2D eigenvalue weighted by Gasteiger charge is -2.05. The molecule has 0 rings (SSSR count). The predicted octanol–water partition coefficient (Wildman–Crippen LogP) is 5.06. The van der Waals surface area contributed by atoms with Crippen LogP contribution in [0.25, 0.3) is 0 Å². The Morgan fingerprint density at radius 2 is 0.824 bits per heavy atom. The lowest BCUT2D eigenvalue weighted by Crippen LogP contribution is -2.10. The van der Waals surface area contributed by atoms with E-state index in [2.05, 4.69) is 0 Å². The van der Waals surface area contributed by atoms with Gasteiger partial charge in [-0.15, -0.1) is 0 Å². The second-order valence-electron chi connectivity index (χ2n) is 2.27. The standard InChI is InChI=1S/C6F10S/c7-1(5(11,12)13)3(9)17-4(10)2(8)6(14,15)16. The highest BCUT2D eigenvalue weighted by atomic mass is 32.2. The Balaban J connectivity index is 5.13. The molecule has 0 saturated heterocycles. The number of thioether (sulfide) groups is 1. The zero-order chi connectivity index (χ0) is 14.0. The highest BCUT2D eigenvalue weighted by Gasteiger charge is 2.41. The van der Waals surface area contributed by atoms with Gasteiger partial charge in [-0.25, -0.2) is 0 Å². The molecule has 0 aliphatic heterocycles. The molecule has 17 heavy (non-hydrogen) atoms. The van der Waals surface area contributed by atoms with Gasteiger partial charge in [0.1, 0.15) is 0 Å². The first-order chi connectivity index (χ1) is 7.37. The molecule has 0 spiro atoms. The summed E-state index contributed by atoms with van der Waals surface area (Å²) in [6.45, 7) is 0. The van der Waals surface area contributed by atoms with Crippen molar-refractivity contribution >= 4 is 11.8 Å². The first kappa shape index (κ1) is 16.1. The van der Waals surface area contributed by atoms with Crippen molar-refractivity contribution in [2.24, 2.45) is 0 Å². The monoisotopic (exact) mass is 294 g/mol. The fraction of sp³-hybridized carbons (Fsp3) is 0.333. The minimum atomic E-state index is -5.84. The van der Waals surface area contributed by atoms with Gasteiger partial charge in [0.05, 0.1) is 0 Å². The second-order valence-corrected chi connectivity index (χ2v) is 3.19. The molecule has 11 heteroatoms. The van der Waals surface area contributed by atoms with Crippen LogP contribution < -0.4 is 0 Å². The maximum Gasteiger partial charge on any atom is 0.446 e. The Hall–Kier alpha value is -0.870. The van der Waals surface area contributed by atoms with E-state index in [1.807, 2.05) is 0 Å². The van der Waals surface area contributed by atoms with Crippen LogP contribution in [0.4, 0.5) is 43.9 Å². The summed E-state index contributed by atoms with van der Waals surface area (Å²) in [5.41, 5.74) is 0. The third-order valence-corrected chi connectivity index (χ3v) is 1.74. The smallest absolute Gasteiger partial charge is 0.198 e. The third kappa shape index (κ3) is 4.88. The van der Waals surface area contributed by atoms with Gasteiger partial charge in [-0.1, -0.05) is 0 Å². The van der Waals surface area contributed by atoms with E-state index < -0.39 is 46.1 Å². The van der Waals surface area contributed by atoms with Crippen molar-refractivity contribution in [1.82, 2.24) is 0 Å². The number of halogens is 10. The van der Waals surface area contributed by atoms with Crippen molar-refractivity contribution in [1.29, 1.82) is 0 Å². The minimum Gasteiger partial charge on any atom is -0.198 e. The van der Waals surface area contributed by atoms with E-state index in [1.165, 1.54) is 0 Å². The van der Waals surface area contributed by atoms with Crippen LogP contribution in [-0.2, 0) is 0 Å². The van der Waals surface area contributed by atoms with Crippen LogP contribution in [-0.4, -0.2) is 12.4 Å². The van der Waals surface area contributed by atoms with Crippen molar-refractivity contribution < 1.29 is 43.9 Å². The molecule has 0 amide bonds. The molecule has 0 saturated carbocycles. The average Bonchev–Trinajstić information content (AvgIpc) is 2.12. The summed E-state index contributed by atoms with van der Waals surface area (Å²) in [5.74, 6) is -6.90. The Labute approximate surface area is 91.0 Å². The summed E-state index contributed by atoms with van der Waals surface area (Å²) in [7, 11) is 0. The lowest BCUT2D eigenvalue weighted by atomic mass is 10.6. The van der Waals surface area contributed by atoms with Gasteiger partial charge in [0, 0.05) is 0 Å². The maximum atomic E-state index is 12.2. The van der Waals surface area contributed by atoms with Gasteiger partial charge in [-0.3, -0.25) is 0 Å². The van der Waals surface area contributed by atoms with Crippen LogP contribution in [0.1, 0.15) is 0 Å². The number of hydrogen-bond donors (Lipinski definition) is 0. The van der Waals surface area contributed by atoms with Crippen LogP contribution >= 0.6 is 11.8 Å². The second kappa shape index (κ2) is 5.19. The third-order valence-electron chi connectivity index (χ3n) is 1.02. The summed E-state index contributed by atoms with van der Waals surface area (Å²) in [6, 6.07) is 0. The molecule has 0 nitrogen and oxygen atoms in total. The fourth-order valence-electron chi connectivity index (χ4n) is 0.391. The van der Waals surface area contributed by atoms with E-state index in [-0.39, 0.29) is 0 Å². The van der Waals surface area contributed by atoms with Crippen LogP contribution in [0.5, 0.6) is 0 Å². The quantitative estimate of drug-likeness (QED) is 0.641. The molecule has 100 valence electrons. The number of rotatable bonds is 2. The van der Waals surface area contributed by atoms with Crippen LogP contribution in [0, 0.1) is 0 Å². The van der Waals surface area contributed by atoms with E-state index in [0.717, 1.165) is 0 Å². The van der Waals surface area contributed by atoms with Crippen LogP contribution in [0.2, 0.25) is 0 Å². The summed E-state index contributed by atoms with van der Waals surface area (Å²) in [6.07, 6.45) is -11.7. The van der Waals surface area contributed by atoms with Crippen molar-refractivity contribution in [3.05, 3.63) is 22.0 Å². The molecule has 0 bridgehead atoms. The van der Waals surface area contributed by atoms with Gasteiger partial charge < -0.3 is 0 Å². The highest BCUT2D eigenvalue weighted by Crippen LogP contribution is 2.41. The number of allylic oxidation sites excluding steroid dienone is 2. The number of hydrogen-bond acceptors (Lipinski definition) is 1. The largest absolute Gasteiger partial charge is 0.446 e. The zero-order valence-electron chi connectivity index (χ0n) is 7.19. The van der Waals surface area contributed by atoms with Gasteiger partial charge in [0.25, 0.3) is 0 Å². The molecule has 0 N–H and O–H groups in total. The van der Waals surface area contributed by atoms with Crippen molar-refractivity contribution in [3.63, 3.8) is 0 Å². The molecule has 0 aliphatic rings. The first-order valence-corrected chi connectivity index (χ1v) is 4.11. The molecular formula is C6F10S. The Kier molecular flexibility index (Phi) is 4.92. The van der Waals surface area contributed by atoms with Crippen molar-refractivity contribution in [3.8, 4) is 0 Å². The van der Waals surface area contributed by atoms with Gasteiger partial charge >= 0.3 is 12.4 Å². The van der Waals surface area contributed by atoms with E-state index in [4.69, 9.17) is 0 Å². The fourth-order valence-corrected chi connectivity index (χ4v) is 0.959. The van der Waals surface area contributed by atoms with E-state index >= 15 is 0 Å². The SMILES string of the molecule is FC(SC(F)=C(F)C(F)(F)F)=C(F)C(F)(F)F. The lowest BCUT2D eigenvalue weighted by molar-refractivity contribution is -0.110. The molecule has 0 aromatic heterocycles. The van der Waals surface area contributed by atoms with Gasteiger partial charge in [0.15, 0.2) is 0 Å². The Morgan fingerprint density at radius 1 is 0.588 bits per heavy atom. The molecular weight excluding hydrogens is 294 g/mol. The minimum absolute atomic E-state index is 1.59. The molecule has 0 aromatic rings. The van der Waals surface area contributed by atoms with Crippen molar-refractivity contribution in [2.75, 3.05) is 0 Å². The van der Waals surface area contributed by atoms with Crippen molar-refractivity contribution in [2.45, 2.75) is 12.4 Å². The predicted molar refractivity (Wildman–Crippen MR) is 38.2 cm³/mol. The molecule has 0 atom stereocenters. The summed E-state index contributed by atoms with van der Waals surface area (Å²) in [5, 5.41) is -5.93. The normalized spacial score (nSPS) is 16.6. The first-order valence-electron chi connectivity index (χ1n) is 3.30. The van der Waals surface area contributed by atoms with Crippen LogP contribution in [0.15, 0.2) is 22.0 Å². The van der Waals surface area contributed by atoms with E-state index in [9.17, 15) is 43.9 Å². The summed E-state index contributed by atoms with van der Waals surface area (Å²) < 4.78 is 117. The zero-order valence-corrected chi connectivity index (χ0v) is 8.00. The summed E-state index contributed by atoms with van der Waals surface area (Å²) >= 11 is -1.59. The Bertz CT molecular complexity index is 311. The molecule has 0 heterocycles. The molecule has 0 aromatic carbocycles. The topological polar surface area (TPSA) is 0 Å². The average molecular weight is 294 g/mol. The Morgan fingerprint density at radius 3 is 1.00 bits per heavy atom. The van der Waals surface area contributed by atoms with Gasteiger partial charge in [-0.05, 0) is 11.8 Å². The maximum absolute atomic E-state index is 12.2. The van der Waals surface area contributed by atoms with Gasteiger partial charge in [-0.2, -0.15) is 43.9 Å². The van der Waals surface area contributed by atoms with Crippen LogP contribution in [0.3, 0.4) is 0 Å². The molecule has 0 radical (unpaired) electrons. The van der Waals surface area contributed by atoms with E-state index in [0.29, 0.717) is 0 Å². The van der Waals surface area contributed by atoms with E-state index in [1.54, 1.807) is 0 Å². The number of alkyl halides is 6. The molecule has 0 fully saturated rings. The summed E-state index contributed by atoms with van der Waals surface area (Å²) in [4.78, 5) is 0. The highest BCUT2D eigenvalue weighted by molar-refractivity contribution is 8.06.